The molecular weight excluding hydrogens is 613 g/mol. The molecule has 0 saturated carbocycles. The second-order valence-corrected chi connectivity index (χ2v) is 13.4. The Morgan fingerprint density at radius 2 is 1.50 bits per heavy atom. The van der Waals surface area contributed by atoms with Crippen LogP contribution in [0, 0.1) is 0 Å². The lowest BCUT2D eigenvalue weighted by Gasteiger charge is -2.21. The fraction of sp³-hybridized carbons (Fsp3) is 0.0909. The Labute approximate surface area is 287 Å². The molecule has 0 fully saturated rings. The van der Waals surface area contributed by atoms with Crippen molar-refractivity contribution in [1.29, 1.82) is 0 Å². The first-order chi connectivity index (χ1) is 24.8. The summed E-state index contributed by atoms with van der Waals surface area (Å²) in [5, 5.41) is 9.48. The van der Waals surface area contributed by atoms with Crippen LogP contribution in [0.5, 0.6) is 0 Å². The Morgan fingerprint density at radius 3 is 2.40 bits per heavy atom. The van der Waals surface area contributed by atoms with E-state index in [4.69, 9.17) is 19.9 Å². The number of aromatic nitrogens is 4. The van der Waals surface area contributed by atoms with Crippen molar-refractivity contribution in [2.24, 2.45) is 4.99 Å². The summed E-state index contributed by atoms with van der Waals surface area (Å²) in [4.78, 5) is 23.9. The van der Waals surface area contributed by atoms with E-state index in [1.165, 1.54) is 44.0 Å². The average molecular weight is 643 g/mol. The summed E-state index contributed by atoms with van der Waals surface area (Å²) >= 11 is 0. The highest BCUT2D eigenvalue weighted by Crippen LogP contribution is 2.50. The number of nitrogens with zero attached hydrogens (tertiary/aromatic N) is 4. The van der Waals surface area contributed by atoms with Gasteiger partial charge in [0.15, 0.2) is 0 Å². The molecule has 2 aliphatic carbocycles. The summed E-state index contributed by atoms with van der Waals surface area (Å²) in [5.41, 5.74) is 15.6. The van der Waals surface area contributed by atoms with E-state index in [0.717, 1.165) is 73.9 Å². The molecule has 6 nitrogen and oxygen atoms in total. The van der Waals surface area contributed by atoms with Crippen LogP contribution in [-0.4, -0.2) is 19.9 Å². The number of H-pyrrole nitrogens is 1. The maximum atomic E-state index is 5.10. The zero-order valence-corrected chi connectivity index (χ0v) is 27.1. The van der Waals surface area contributed by atoms with E-state index in [1.807, 2.05) is 24.3 Å². The average Bonchev–Trinajstić information content (AvgIpc) is 3.66. The third-order valence-corrected chi connectivity index (χ3v) is 10.6. The molecule has 9 aromatic rings. The number of benzene rings is 6. The van der Waals surface area contributed by atoms with Crippen molar-refractivity contribution < 1.29 is 0 Å². The van der Waals surface area contributed by atoms with Crippen molar-refractivity contribution in [1.82, 2.24) is 19.9 Å². The fourth-order valence-electron chi connectivity index (χ4n) is 8.20. The van der Waals surface area contributed by atoms with E-state index in [0.29, 0.717) is 6.54 Å². The number of para-hydroxylation sites is 4. The summed E-state index contributed by atoms with van der Waals surface area (Å²) in [5.74, 6) is 0.255. The molecule has 2 N–H and O–H groups in total. The molecule has 7 aromatic carbocycles. The van der Waals surface area contributed by atoms with Crippen LogP contribution in [-0.2, 0) is 13.1 Å². The van der Waals surface area contributed by atoms with Gasteiger partial charge in [0.25, 0.3) is 0 Å². The zero-order valence-electron chi connectivity index (χ0n) is 27.1. The van der Waals surface area contributed by atoms with Gasteiger partial charge in [-0.25, -0.2) is 15.0 Å². The standard InChI is InChI=1S/C44H30N6/c1-3-13-37-35(11-1)47-41-29-9-5-7-27-33(21-19-31(39(27)29)43(41)49-37)45-23-25-15-17-26(18-16-25)24-46-34-22-20-32-40-28(34)8-6-10-30(40)42-44(32)50-38-14-4-2-12-36(38)48-42/h1-9,11-22,30,46,49H,10,23-24H2. The summed E-state index contributed by atoms with van der Waals surface area (Å²) in [7, 11) is 0. The molecule has 0 aliphatic heterocycles. The molecule has 1 unspecified atom stereocenters. The monoisotopic (exact) mass is 642 g/mol. The Bertz CT molecular complexity index is 2880. The fourth-order valence-corrected chi connectivity index (χ4v) is 8.20. The third-order valence-electron chi connectivity index (χ3n) is 10.6. The van der Waals surface area contributed by atoms with Crippen molar-refractivity contribution >= 4 is 66.4 Å². The van der Waals surface area contributed by atoms with Crippen LogP contribution < -0.4 is 10.7 Å². The number of allylic oxidation sites excluding steroid dienone is 1. The minimum Gasteiger partial charge on any atom is -0.380 e. The molecule has 0 bridgehead atoms. The van der Waals surface area contributed by atoms with Crippen LogP contribution in [0.4, 0.5) is 5.69 Å². The second kappa shape index (κ2) is 10.5. The topological polar surface area (TPSA) is 78.9 Å². The van der Waals surface area contributed by atoms with E-state index < -0.39 is 0 Å². The Hall–Kier alpha value is -6.40. The van der Waals surface area contributed by atoms with Gasteiger partial charge in [0.05, 0.1) is 56.4 Å². The molecule has 0 amide bonds. The van der Waals surface area contributed by atoms with Gasteiger partial charge in [-0.1, -0.05) is 91.0 Å². The highest BCUT2D eigenvalue weighted by molar-refractivity contribution is 6.28. The number of rotatable bonds is 5. The predicted molar refractivity (Wildman–Crippen MR) is 203 cm³/mol. The quantitative estimate of drug-likeness (QED) is 0.196. The summed E-state index contributed by atoms with van der Waals surface area (Å²) in [6, 6.07) is 40.4. The van der Waals surface area contributed by atoms with Crippen LogP contribution in [0.15, 0.2) is 126 Å². The van der Waals surface area contributed by atoms with Crippen LogP contribution in [0.3, 0.4) is 0 Å². The molecule has 1 atom stereocenters. The van der Waals surface area contributed by atoms with Crippen molar-refractivity contribution in [2.45, 2.75) is 25.4 Å². The van der Waals surface area contributed by atoms with Gasteiger partial charge in [-0.2, -0.15) is 0 Å². The number of fused-ring (bicyclic) bond motifs is 8. The summed E-state index contributed by atoms with van der Waals surface area (Å²) in [6.45, 7) is 1.36. The number of hydrogen-bond donors (Lipinski definition) is 2. The van der Waals surface area contributed by atoms with Gasteiger partial charge in [-0.3, -0.25) is 4.99 Å². The van der Waals surface area contributed by atoms with Gasteiger partial charge in [0.1, 0.15) is 0 Å². The van der Waals surface area contributed by atoms with Gasteiger partial charge in [-0.15, -0.1) is 0 Å². The lowest BCUT2D eigenvalue weighted by atomic mass is 9.86. The summed E-state index contributed by atoms with van der Waals surface area (Å²) in [6.07, 6.45) is 5.51. The highest BCUT2D eigenvalue weighted by atomic mass is 14.9. The largest absolute Gasteiger partial charge is 0.380 e. The Morgan fingerprint density at radius 1 is 0.700 bits per heavy atom. The Balaban J connectivity index is 0.857. The molecule has 2 heterocycles. The number of anilines is 1. The first-order valence-corrected chi connectivity index (χ1v) is 17.2. The van der Waals surface area contributed by atoms with Gasteiger partial charge in [0.2, 0.25) is 0 Å². The van der Waals surface area contributed by atoms with Crippen LogP contribution in [0.2, 0.25) is 0 Å². The number of nitrogens with one attached hydrogen (secondary N) is 2. The first-order valence-electron chi connectivity index (χ1n) is 17.2. The van der Waals surface area contributed by atoms with E-state index >= 15 is 0 Å². The van der Waals surface area contributed by atoms with Crippen LogP contribution >= 0.6 is 0 Å². The van der Waals surface area contributed by atoms with E-state index in [2.05, 4.69) is 113 Å². The highest BCUT2D eigenvalue weighted by Gasteiger charge is 2.35. The van der Waals surface area contributed by atoms with Gasteiger partial charge in [-0.05, 0) is 59.5 Å². The molecule has 0 spiro atoms. The van der Waals surface area contributed by atoms with Crippen molar-refractivity contribution in [3.05, 3.63) is 155 Å². The van der Waals surface area contributed by atoms with Gasteiger partial charge in [0, 0.05) is 50.8 Å². The number of aromatic amines is 1. The molecule has 2 aliphatic rings. The normalized spacial score (nSPS) is 15.1. The lowest BCUT2D eigenvalue weighted by Crippen LogP contribution is -2.07. The van der Waals surface area contributed by atoms with E-state index in [9.17, 15) is 0 Å². The van der Waals surface area contributed by atoms with Crippen molar-refractivity contribution in [3.8, 4) is 11.3 Å². The first kappa shape index (κ1) is 27.5. The minimum atomic E-state index is 0.255. The van der Waals surface area contributed by atoms with E-state index in [1.54, 1.807) is 0 Å². The second-order valence-electron chi connectivity index (χ2n) is 13.4. The summed E-state index contributed by atoms with van der Waals surface area (Å²) < 4.78 is 0. The predicted octanol–water partition coefficient (Wildman–Crippen LogP) is 9.65. The molecule has 236 valence electrons. The van der Waals surface area contributed by atoms with Crippen LogP contribution in [0.1, 0.15) is 40.3 Å². The van der Waals surface area contributed by atoms with Gasteiger partial charge < -0.3 is 10.3 Å². The lowest BCUT2D eigenvalue weighted by molar-refractivity contribution is 0.813. The molecule has 0 radical (unpaired) electrons. The minimum absolute atomic E-state index is 0.255. The molecule has 6 heteroatoms. The maximum absolute atomic E-state index is 5.10. The SMILES string of the molecule is C1=Cc2c(NCc3ccc(CN=c4ccc5c6[nH]c7ccccc7nc6c6cccc4c65)cc3)ccc3c2C(C1)c1nc2ccccc2nc1-3. The third kappa shape index (κ3) is 4.08. The maximum Gasteiger partial charge on any atom is 0.0957 e. The molecule has 0 saturated heterocycles. The van der Waals surface area contributed by atoms with Crippen molar-refractivity contribution in [3.63, 3.8) is 0 Å². The molecule has 50 heavy (non-hydrogen) atoms. The molecular formula is C44H30N6. The Kier molecular flexibility index (Phi) is 5.81. The number of hydrogen-bond acceptors (Lipinski definition) is 5. The van der Waals surface area contributed by atoms with Crippen molar-refractivity contribution in [2.75, 3.05) is 5.32 Å². The zero-order chi connectivity index (χ0) is 32.8. The smallest absolute Gasteiger partial charge is 0.0957 e. The van der Waals surface area contributed by atoms with Gasteiger partial charge >= 0.3 is 0 Å². The van der Waals surface area contributed by atoms with E-state index in [-0.39, 0.29) is 5.92 Å². The van der Waals surface area contributed by atoms with Crippen LogP contribution in [0.25, 0.3) is 72.0 Å². The molecule has 11 rings (SSSR count). The molecule has 2 aromatic heterocycles.